The van der Waals surface area contributed by atoms with Crippen molar-refractivity contribution < 1.29 is 4.39 Å². The van der Waals surface area contributed by atoms with Crippen LogP contribution in [0.15, 0.2) is 53.0 Å². The highest BCUT2D eigenvalue weighted by atomic mass is 79.9. The summed E-state index contributed by atoms with van der Waals surface area (Å²) in [6.07, 6.45) is 0. The number of hydrogen-bond donors (Lipinski definition) is 1. The highest BCUT2D eigenvalue weighted by molar-refractivity contribution is 9.10. The molecule has 0 unspecified atom stereocenters. The molecular formula is C12H9BrFN. The lowest BCUT2D eigenvalue weighted by Crippen LogP contribution is -1.89. The Kier molecular flexibility index (Phi) is 3.02. The molecule has 0 heterocycles. The molecular weight excluding hydrogens is 257 g/mol. The summed E-state index contributed by atoms with van der Waals surface area (Å²) in [5.74, 6) is -0.226. The van der Waals surface area contributed by atoms with E-state index in [1.165, 1.54) is 12.1 Å². The zero-order valence-electron chi connectivity index (χ0n) is 7.87. The first-order valence-electron chi connectivity index (χ1n) is 4.52. The molecule has 0 saturated carbocycles. The summed E-state index contributed by atoms with van der Waals surface area (Å²) < 4.78 is 13.7. The molecule has 2 aromatic rings. The van der Waals surface area contributed by atoms with E-state index in [4.69, 9.17) is 0 Å². The fourth-order valence-corrected chi connectivity index (χ4v) is 1.50. The van der Waals surface area contributed by atoms with Crippen molar-refractivity contribution in [3.05, 3.63) is 58.8 Å². The van der Waals surface area contributed by atoms with E-state index in [0.717, 1.165) is 15.8 Å². The minimum Gasteiger partial charge on any atom is -0.356 e. The van der Waals surface area contributed by atoms with Crippen molar-refractivity contribution in [3.63, 3.8) is 0 Å². The third kappa shape index (κ3) is 2.80. The van der Waals surface area contributed by atoms with Gasteiger partial charge in [0, 0.05) is 15.8 Å². The Morgan fingerprint density at radius 2 is 1.27 bits per heavy atom. The maximum Gasteiger partial charge on any atom is 0.123 e. The molecule has 3 heteroatoms. The first-order valence-corrected chi connectivity index (χ1v) is 5.31. The van der Waals surface area contributed by atoms with Crippen LogP contribution < -0.4 is 5.32 Å². The van der Waals surface area contributed by atoms with Crippen molar-refractivity contribution in [1.29, 1.82) is 0 Å². The standard InChI is InChI=1S/C12H9BrFN/c13-9-1-5-11(6-2-9)15-12-7-3-10(14)4-8-12/h1-8,15H. The zero-order chi connectivity index (χ0) is 10.7. The molecule has 1 N–H and O–H groups in total. The highest BCUT2D eigenvalue weighted by Crippen LogP contribution is 2.19. The fourth-order valence-electron chi connectivity index (χ4n) is 1.23. The Bertz CT molecular complexity index is 393. The van der Waals surface area contributed by atoms with Crippen LogP contribution in [0.4, 0.5) is 15.8 Å². The van der Waals surface area contributed by atoms with Crippen LogP contribution in [0.1, 0.15) is 0 Å². The normalized spacial score (nSPS) is 10.0. The van der Waals surface area contributed by atoms with Gasteiger partial charge in [0.1, 0.15) is 5.82 Å². The van der Waals surface area contributed by atoms with Crippen LogP contribution in [-0.4, -0.2) is 0 Å². The van der Waals surface area contributed by atoms with Crippen LogP contribution in [0, 0.1) is 5.82 Å². The second-order valence-corrected chi connectivity index (χ2v) is 4.05. The maximum atomic E-state index is 12.6. The van der Waals surface area contributed by atoms with Crippen LogP contribution in [0.2, 0.25) is 0 Å². The number of anilines is 2. The summed E-state index contributed by atoms with van der Waals surface area (Å²) >= 11 is 3.36. The smallest absolute Gasteiger partial charge is 0.123 e. The molecule has 2 aromatic carbocycles. The Balaban J connectivity index is 2.15. The van der Waals surface area contributed by atoms with E-state index < -0.39 is 0 Å². The van der Waals surface area contributed by atoms with Crippen molar-refractivity contribution >= 4 is 27.3 Å². The molecule has 15 heavy (non-hydrogen) atoms. The topological polar surface area (TPSA) is 12.0 Å². The van der Waals surface area contributed by atoms with E-state index in [1.54, 1.807) is 12.1 Å². The van der Waals surface area contributed by atoms with Gasteiger partial charge in [0.15, 0.2) is 0 Å². The molecule has 0 aromatic heterocycles. The molecule has 0 aliphatic rings. The molecule has 2 rings (SSSR count). The lowest BCUT2D eigenvalue weighted by molar-refractivity contribution is 0.628. The Morgan fingerprint density at radius 3 is 1.80 bits per heavy atom. The Hall–Kier alpha value is -1.35. The zero-order valence-corrected chi connectivity index (χ0v) is 9.46. The second-order valence-electron chi connectivity index (χ2n) is 3.14. The van der Waals surface area contributed by atoms with Crippen LogP contribution >= 0.6 is 15.9 Å². The van der Waals surface area contributed by atoms with Gasteiger partial charge >= 0.3 is 0 Å². The van der Waals surface area contributed by atoms with Gasteiger partial charge in [-0.15, -0.1) is 0 Å². The van der Waals surface area contributed by atoms with Gasteiger partial charge < -0.3 is 5.32 Å². The van der Waals surface area contributed by atoms with Crippen LogP contribution in [-0.2, 0) is 0 Å². The van der Waals surface area contributed by atoms with E-state index in [2.05, 4.69) is 21.2 Å². The lowest BCUT2D eigenvalue weighted by Gasteiger charge is -2.05. The van der Waals surface area contributed by atoms with Crippen molar-refractivity contribution in [2.75, 3.05) is 5.32 Å². The molecule has 0 bridgehead atoms. The lowest BCUT2D eigenvalue weighted by atomic mass is 10.2. The third-order valence-corrected chi connectivity index (χ3v) is 2.51. The van der Waals surface area contributed by atoms with Crippen molar-refractivity contribution in [3.8, 4) is 0 Å². The SMILES string of the molecule is Fc1ccc(Nc2ccc(Br)cc2)cc1. The van der Waals surface area contributed by atoms with Crippen LogP contribution in [0.25, 0.3) is 0 Å². The molecule has 0 atom stereocenters. The quantitative estimate of drug-likeness (QED) is 0.852. The largest absolute Gasteiger partial charge is 0.356 e. The third-order valence-electron chi connectivity index (χ3n) is 1.98. The van der Waals surface area contributed by atoms with Gasteiger partial charge in [-0.1, -0.05) is 15.9 Å². The van der Waals surface area contributed by atoms with E-state index >= 15 is 0 Å². The molecule has 1 nitrogen and oxygen atoms in total. The fraction of sp³-hybridized carbons (Fsp3) is 0. The molecule has 0 aliphatic heterocycles. The van der Waals surface area contributed by atoms with Gasteiger partial charge in [0.2, 0.25) is 0 Å². The van der Waals surface area contributed by atoms with Crippen LogP contribution in [0.3, 0.4) is 0 Å². The molecule has 0 saturated heterocycles. The van der Waals surface area contributed by atoms with Gasteiger partial charge in [0.25, 0.3) is 0 Å². The van der Waals surface area contributed by atoms with E-state index in [1.807, 2.05) is 24.3 Å². The van der Waals surface area contributed by atoms with Gasteiger partial charge in [-0.05, 0) is 48.5 Å². The number of benzene rings is 2. The maximum absolute atomic E-state index is 12.6. The number of hydrogen-bond acceptors (Lipinski definition) is 1. The Labute approximate surface area is 96.1 Å². The van der Waals surface area contributed by atoms with E-state index in [0.29, 0.717) is 0 Å². The summed E-state index contributed by atoms with van der Waals surface area (Å²) in [6.45, 7) is 0. The predicted octanol–water partition coefficient (Wildman–Crippen LogP) is 4.33. The minimum atomic E-state index is -0.226. The summed E-state index contributed by atoms with van der Waals surface area (Å²) in [5, 5.41) is 3.17. The predicted molar refractivity (Wildman–Crippen MR) is 63.8 cm³/mol. The molecule has 0 fully saturated rings. The summed E-state index contributed by atoms with van der Waals surface area (Å²) in [4.78, 5) is 0. The number of nitrogens with one attached hydrogen (secondary N) is 1. The van der Waals surface area contributed by atoms with Crippen LogP contribution in [0.5, 0.6) is 0 Å². The average molecular weight is 266 g/mol. The number of rotatable bonds is 2. The van der Waals surface area contributed by atoms with Crippen molar-refractivity contribution in [2.45, 2.75) is 0 Å². The molecule has 76 valence electrons. The van der Waals surface area contributed by atoms with Crippen molar-refractivity contribution in [2.24, 2.45) is 0 Å². The first kappa shape index (κ1) is 10.2. The number of halogens is 2. The average Bonchev–Trinajstić information content (AvgIpc) is 2.25. The molecule has 0 spiro atoms. The van der Waals surface area contributed by atoms with Crippen molar-refractivity contribution in [1.82, 2.24) is 0 Å². The van der Waals surface area contributed by atoms with Gasteiger partial charge in [-0.25, -0.2) is 4.39 Å². The molecule has 0 aliphatic carbocycles. The monoisotopic (exact) mass is 265 g/mol. The minimum absolute atomic E-state index is 0.226. The Morgan fingerprint density at radius 1 is 0.800 bits per heavy atom. The van der Waals surface area contributed by atoms with Gasteiger partial charge in [-0.3, -0.25) is 0 Å². The first-order chi connectivity index (χ1) is 7.24. The summed E-state index contributed by atoms with van der Waals surface area (Å²) in [6, 6.07) is 14.1. The summed E-state index contributed by atoms with van der Waals surface area (Å²) in [7, 11) is 0. The van der Waals surface area contributed by atoms with E-state index in [9.17, 15) is 4.39 Å². The van der Waals surface area contributed by atoms with E-state index in [-0.39, 0.29) is 5.82 Å². The highest BCUT2D eigenvalue weighted by Gasteiger charge is 1.94. The second kappa shape index (κ2) is 4.45. The molecule has 0 radical (unpaired) electrons. The summed E-state index contributed by atoms with van der Waals surface area (Å²) in [5.41, 5.74) is 1.85. The van der Waals surface area contributed by atoms with Gasteiger partial charge in [0.05, 0.1) is 0 Å². The molecule has 0 amide bonds. The van der Waals surface area contributed by atoms with Gasteiger partial charge in [-0.2, -0.15) is 0 Å².